The minimum absolute atomic E-state index is 0.0173. The predicted octanol–water partition coefficient (Wildman–Crippen LogP) is 2.41. The Bertz CT molecular complexity index is 406. The van der Waals surface area contributed by atoms with Crippen LogP contribution in [0.4, 0.5) is 5.69 Å². The highest BCUT2D eigenvalue weighted by Gasteiger charge is 2.31. The SMILES string of the molecule is Nc1ccncc1C1CCCCCC1C(=O)O. The van der Waals surface area contributed by atoms with Gasteiger partial charge in [-0.25, -0.2) is 0 Å². The molecule has 0 bridgehead atoms. The zero-order valence-corrected chi connectivity index (χ0v) is 9.80. The molecule has 0 amide bonds. The van der Waals surface area contributed by atoms with Crippen LogP contribution in [0, 0.1) is 5.92 Å². The van der Waals surface area contributed by atoms with E-state index in [9.17, 15) is 9.90 Å². The lowest BCUT2D eigenvalue weighted by Gasteiger charge is -2.22. The molecule has 0 radical (unpaired) electrons. The molecule has 0 spiro atoms. The zero-order chi connectivity index (χ0) is 12.3. The van der Waals surface area contributed by atoms with Gasteiger partial charge in [-0.1, -0.05) is 19.3 Å². The van der Waals surface area contributed by atoms with Crippen molar-refractivity contribution >= 4 is 11.7 Å². The van der Waals surface area contributed by atoms with Crippen LogP contribution < -0.4 is 5.73 Å². The Morgan fingerprint density at radius 3 is 2.82 bits per heavy atom. The van der Waals surface area contributed by atoms with Gasteiger partial charge in [-0.15, -0.1) is 0 Å². The summed E-state index contributed by atoms with van der Waals surface area (Å²) in [5.74, 6) is -1.01. The number of aliphatic carboxylic acids is 1. The molecule has 1 heterocycles. The number of nitrogens with two attached hydrogens (primary N) is 1. The van der Waals surface area contributed by atoms with Gasteiger partial charge in [-0.3, -0.25) is 9.78 Å². The van der Waals surface area contributed by atoms with Gasteiger partial charge in [0.1, 0.15) is 0 Å². The number of anilines is 1. The van der Waals surface area contributed by atoms with Gasteiger partial charge >= 0.3 is 5.97 Å². The third kappa shape index (κ3) is 2.57. The topological polar surface area (TPSA) is 76.2 Å². The highest BCUT2D eigenvalue weighted by molar-refractivity contribution is 5.72. The van der Waals surface area contributed by atoms with E-state index >= 15 is 0 Å². The number of nitrogens with zero attached hydrogens (tertiary/aromatic N) is 1. The summed E-state index contributed by atoms with van der Waals surface area (Å²) in [6, 6.07) is 1.75. The van der Waals surface area contributed by atoms with Crippen LogP contribution in [0.1, 0.15) is 43.6 Å². The van der Waals surface area contributed by atoms with E-state index in [1.54, 1.807) is 18.5 Å². The van der Waals surface area contributed by atoms with E-state index in [1.165, 1.54) is 0 Å². The summed E-state index contributed by atoms with van der Waals surface area (Å²) in [6.07, 6.45) is 8.19. The third-order valence-electron chi connectivity index (χ3n) is 3.62. The van der Waals surface area contributed by atoms with E-state index in [-0.39, 0.29) is 11.8 Å². The van der Waals surface area contributed by atoms with Crippen molar-refractivity contribution in [1.82, 2.24) is 4.98 Å². The second kappa shape index (κ2) is 5.17. The van der Waals surface area contributed by atoms with E-state index in [2.05, 4.69) is 4.98 Å². The normalized spacial score (nSPS) is 25.2. The van der Waals surface area contributed by atoms with Crippen molar-refractivity contribution in [1.29, 1.82) is 0 Å². The van der Waals surface area contributed by atoms with E-state index in [1.807, 2.05) is 0 Å². The largest absolute Gasteiger partial charge is 0.481 e. The third-order valence-corrected chi connectivity index (χ3v) is 3.62. The second-order valence-electron chi connectivity index (χ2n) is 4.69. The molecule has 1 saturated carbocycles. The molecule has 0 aromatic carbocycles. The van der Waals surface area contributed by atoms with Gasteiger partial charge in [0, 0.05) is 24.0 Å². The van der Waals surface area contributed by atoms with Crippen LogP contribution in [0.15, 0.2) is 18.5 Å². The molecular weight excluding hydrogens is 216 g/mol. The molecule has 2 unspecified atom stereocenters. The summed E-state index contributed by atoms with van der Waals surface area (Å²) < 4.78 is 0. The van der Waals surface area contributed by atoms with E-state index in [0.29, 0.717) is 5.69 Å². The fourth-order valence-electron chi connectivity index (χ4n) is 2.70. The quantitative estimate of drug-likeness (QED) is 0.770. The van der Waals surface area contributed by atoms with Crippen LogP contribution in [-0.4, -0.2) is 16.1 Å². The Morgan fingerprint density at radius 2 is 2.12 bits per heavy atom. The van der Waals surface area contributed by atoms with Gasteiger partial charge in [-0.05, 0) is 24.5 Å². The summed E-state index contributed by atoms with van der Waals surface area (Å²) >= 11 is 0. The van der Waals surface area contributed by atoms with Gasteiger partial charge < -0.3 is 10.8 Å². The first-order valence-electron chi connectivity index (χ1n) is 6.12. The zero-order valence-electron chi connectivity index (χ0n) is 9.80. The number of pyridine rings is 1. The van der Waals surface area contributed by atoms with Crippen LogP contribution in [0.2, 0.25) is 0 Å². The average Bonchev–Trinajstić information content (AvgIpc) is 2.55. The minimum Gasteiger partial charge on any atom is -0.481 e. The molecule has 4 nitrogen and oxygen atoms in total. The van der Waals surface area contributed by atoms with Crippen molar-refractivity contribution in [2.24, 2.45) is 5.92 Å². The Hall–Kier alpha value is -1.58. The van der Waals surface area contributed by atoms with Crippen LogP contribution in [0.25, 0.3) is 0 Å². The highest BCUT2D eigenvalue weighted by Crippen LogP contribution is 2.38. The molecule has 1 fully saturated rings. The fourth-order valence-corrected chi connectivity index (χ4v) is 2.70. The molecular formula is C13H18N2O2. The lowest BCUT2D eigenvalue weighted by molar-refractivity contribution is -0.142. The van der Waals surface area contributed by atoms with Gasteiger partial charge in [-0.2, -0.15) is 0 Å². The Kier molecular flexibility index (Phi) is 3.61. The average molecular weight is 234 g/mol. The number of nitrogen functional groups attached to an aromatic ring is 1. The van der Waals surface area contributed by atoms with Gasteiger partial charge in [0.05, 0.1) is 5.92 Å². The van der Waals surface area contributed by atoms with Crippen molar-refractivity contribution < 1.29 is 9.90 Å². The predicted molar refractivity (Wildman–Crippen MR) is 65.6 cm³/mol. The maximum atomic E-state index is 11.3. The highest BCUT2D eigenvalue weighted by atomic mass is 16.4. The van der Waals surface area contributed by atoms with Crippen LogP contribution in [0.5, 0.6) is 0 Å². The number of carboxylic acids is 1. The monoisotopic (exact) mass is 234 g/mol. The van der Waals surface area contributed by atoms with Crippen molar-refractivity contribution in [2.45, 2.75) is 38.0 Å². The first-order chi connectivity index (χ1) is 8.20. The summed E-state index contributed by atoms with van der Waals surface area (Å²) in [5.41, 5.74) is 7.50. The number of hydrogen-bond donors (Lipinski definition) is 2. The van der Waals surface area contributed by atoms with Crippen molar-refractivity contribution in [3.8, 4) is 0 Å². The molecule has 1 aliphatic carbocycles. The first-order valence-corrected chi connectivity index (χ1v) is 6.12. The summed E-state index contributed by atoms with van der Waals surface area (Å²) in [4.78, 5) is 15.4. The molecule has 92 valence electrons. The Labute approximate surface area is 101 Å². The summed E-state index contributed by atoms with van der Waals surface area (Å²) in [6.45, 7) is 0. The van der Waals surface area contributed by atoms with Crippen LogP contribution in [0.3, 0.4) is 0 Å². The maximum absolute atomic E-state index is 11.3. The maximum Gasteiger partial charge on any atom is 0.307 e. The summed E-state index contributed by atoms with van der Waals surface area (Å²) in [5, 5.41) is 9.32. The molecule has 0 aliphatic heterocycles. The van der Waals surface area contributed by atoms with Crippen molar-refractivity contribution in [3.63, 3.8) is 0 Å². The van der Waals surface area contributed by atoms with Gasteiger partial charge in [0.15, 0.2) is 0 Å². The van der Waals surface area contributed by atoms with Crippen molar-refractivity contribution in [3.05, 3.63) is 24.0 Å². The Morgan fingerprint density at radius 1 is 1.35 bits per heavy atom. The van der Waals surface area contributed by atoms with Gasteiger partial charge in [0.2, 0.25) is 0 Å². The van der Waals surface area contributed by atoms with E-state index < -0.39 is 5.97 Å². The smallest absolute Gasteiger partial charge is 0.307 e. The van der Waals surface area contributed by atoms with Gasteiger partial charge in [0.25, 0.3) is 0 Å². The van der Waals surface area contributed by atoms with E-state index in [4.69, 9.17) is 5.73 Å². The number of aromatic nitrogens is 1. The lowest BCUT2D eigenvalue weighted by Crippen LogP contribution is -2.22. The van der Waals surface area contributed by atoms with Crippen molar-refractivity contribution in [2.75, 3.05) is 5.73 Å². The fraction of sp³-hybridized carbons (Fsp3) is 0.538. The summed E-state index contributed by atoms with van der Waals surface area (Å²) in [7, 11) is 0. The molecule has 4 heteroatoms. The van der Waals surface area contributed by atoms with Crippen LogP contribution in [-0.2, 0) is 4.79 Å². The number of carboxylic acid groups (broad SMARTS) is 1. The van der Waals surface area contributed by atoms with Crippen LogP contribution >= 0.6 is 0 Å². The Balaban J connectivity index is 2.32. The molecule has 1 aromatic heterocycles. The molecule has 1 aliphatic rings. The number of hydrogen-bond acceptors (Lipinski definition) is 3. The van der Waals surface area contributed by atoms with E-state index in [0.717, 1.165) is 37.7 Å². The molecule has 0 saturated heterocycles. The molecule has 3 N–H and O–H groups in total. The standard InChI is InChI=1S/C13H18N2O2/c14-12-6-7-15-8-11(12)9-4-2-1-3-5-10(9)13(16)17/h6-10H,1-5H2,(H2,14,15)(H,16,17). The molecule has 17 heavy (non-hydrogen) atoms. The lowest BCUT2D eigenvalue weighted by atomic mass is 9.82. The first kappa shape index (κ1) is 11.9. The molecule has 1 aromatic rings. The number of carbonyl (C=O) groups is 1. The number of rotatable bonds is 2. The molecule has 2 atom stereocenters. The second-order valence-corrected chi connectivity index (χ2v) is 4.69. The molecule has 2 rings (SSSR count). The minimum atomic E-state index is -0.708.